The van der Waals surface area contributed by atoms with Crippen molar-refractivity contribution in [3.05, 3.63) is 157 Å². The Morgan fingerprint density at radius 3 is 2.00 bits per heavy atom. The molecule has 270 valence electrons. The molecular formula is C50H38N4O2. The molecule has 0 bridgehead atoms. The van der Waals surface area contributed by atoms with Crippen LogP contribution < -0.4 is 4.74 Å². The number of imidazole rings is 1. The molecular weight excluding hydrogens is 689 g/mol. The smallest absolute Gasteiger partial charge is 0.145 e. The average Bonchev–Trinajstić information content (AvgIpc) is 3.92. The Balaban J connectivity index is 1.09. The number of rotatable bonds is 6. The summed E-state index contributed by atoms with van der Waals surface area (Å²) in [5, 5.41) is 7.80. The summed E-state index contributed by atoms with van der Waals surface area (Å²) in [7, 11) is 0. The van der Waals surface area contributed by atoms with Crippen LogP contribution in [0.4, 0.5) is 0 Å². The van der Waals surface area contributed by atoms with E-state index in [1.165, 1.54) is 22.1 Å². The molecule has 0 fully saturated rings. The summed E-state index contributed by atoms with van der Waals surface area (Å²) >= 11 is 0. The maximum absolute atomic E-state index is 6.77. The topological polar surface area (TPSA) is 57.5 Å². The summed E-state index contributed by atoms with van der Waals surface area (Å²) in [5.41, 5.74) is 10.9. The van der Waals surface area contributed by atoms with Gasteiger partial charge in [-0.3, -0.25) is 8.97 Å². The van der Waals surface area contributed by atoms with Gasteiger partial charge in [-0.05, 0) is 89.0 Å². The van der Waals surface area contributed by atoms with Crippen LogP contribution in [0.5, 0.6) is 11.5 Å². The number of ether oxygens (including phenoxy) is 1. The van der Waals surface area contributed by atoms with E-state index < -0.39 is 0 Å². The molecule has 11 rings (SSSR count). The lowest BCUT2D eigenvalue weighted by molar-refractivity contribution is 0.484. The molecule has 6 heteroatoms. The molecule has 11 aromatic rings. The first kappa shape index (κ1) is 32.5. The first-order valence-corrected chi connectivity index (χ1v) is 19.4. The van der Waals surface area contributed by atoms with Gasteiger partial charge < -0.3 is 9.15 Å². The van der Waals surface area contributed by atoms with Crippen LogP contribution in [0.15, 0.2) is 150 Å². The lowest BCUT2D eigenvalue weighted by Crippen LogP contribution is -2.02. The van der Waals surface area contributed by atoms with Gasteiger partial charge in [-0.2, -0.15) is 0 Å². The summed E-state index contributed by atoms with van der Waals surface area (Å²) in [6.07, 6.45) is 3.89. The Kier molecular flexibility index (Phi) is 7.14. The van der Waals surface area contributed by atoms with Crippen molar-refractivity contribution < 1.29 is 9.15 Å². The van der Waals surface area contributed by atoms with Crippen LogP contribution in [0.3, 0.4) is 0 Å². The Hall–Kier alpha value is -6.92. The molecule has 6 nitrogen and oxygen atoms in total. The quantitative estimate of drug-likeness (QED) is 0.160. The largest absolute Gasteiger partial charge is 0.457 e. The average molecular weight is 727 g/mol. The maximum Gasteiger partial charge on any atom is 0.145 e. The minimum atomic E-state index is 0.362. The van der Waals surface area contributed by atoms with E-state index >= 15 is 0 Å². The second-order valence-corrected chi connectivity index (χ2v) is 15.4. The molecule has 0 atom stereocenters. The van der Waals surface area contributed by atoms with E-state index in [-0.39, 0.29) is 0 Å². The summed E-state index contributed by atoms with van der Waals surface area (Å²) in [6, 6.07) is 46.7. The minimum absolute atomic E-state index is 0.362. The molecule has 0 unspecified atom stereocenters. The zero-order valence-corrected chi connectivity index (χ0v) is 31.6. The number of fused-ring (bicyclic) bond motifs is 12. The van der Waals surface area contributed by atoms with Gasteiger partial charge in [-0.25, -0.2) is 9.97 Å². The van der Waals surface area contributed by atoms with Crippen LogP contribution in [-0.4, -0.2) is 18.9 Å². The maximum atomic E-state index is 6.77. The van der Waals surface area contributed by atoms with E-state index in [0.29, 0.717) is 11.8 Å². The van der Waals surface area contributed by atoms with Gasteiger partial charge in [0.15, 0.2) is 0 Å². The zero-order chi connectivity index (χ0) is 37.7. The monoisotopic (exact) mass is 726 g/mol. The van der Waals surface area contributed by atoms with E-state index in [0.717, 1.165) is 88.7 Å². The number of nitrogens with zero attached hydrogens (tertiary/aromatic N) is 4. The number of pyridine rings is 2. The summed E-state index contributed by atoms with van der Waals surface area (Å²) in [6.45, 7) is 9.10. The van der Waals surface area contributed by atoms with Crippen molar-refractivity contribution in [2.45, 2.75) is 39.5 Å². The van der Waals surface area contributed by atoms with E-state index in [2.05, 4.69) is 146 Å². The number of hydrogen-bond acceptors (Lipinski definition) is 4. The van der Waals surface area contributed by atoms with Gasteiger partial charge in [0, 0.05) is 56.2 Å². The van der Waals surface area contributed by atoms with Crippen molar-refractivity contribution in [1.29, 1.82) is 0 Å². The van der Waals surface area contributed by atoms with Crippen molar-refractivity contribution in [3.8, 4) is 28.6 Å². The van der Waals surface area contributed by atoms with Crippen molar-refractivity contribution in [1.82, 2.24) is 18.9 Å². The highest BCUT2D eigenvalue weighted by Crippen LogP contribution is 2.42. The lowest BCUT2D eigenvalue weighted by atomic mass is 9.87. The van der Waals surface area contributed by atoms with Crippen LogP contribution in [0.25, 0.3) is 88.1 Å². The normalized spacial score (nSPS) is 12.2. The van der Waals surface area contributed by atoms with Crippen LogP contribution in [0.2, 0.25) is 0 Å². The lowest BCUT2D eigenvalue weighted by Gasteiger charge is -2.20. The zero-order valence-electron chi connectivity index (χ0n) is 31.6. The molecule has 0 aliphatic heterocycles. The Morgan fingerprint density at radius 2 is 1.21 bits per heavy atom. The summed E-state index contributed by atoms with van der Waals surface area (Å²) in [5.74, 6) is 3.03. The van der Waals surface area contributed by atoms with Crippen molar-refractivity contribution in [2.24, 2.45) is 0 Å². The van der Waals surface area contributed by atoms with E-state index in [4.69, 9.17) is 19.1 Å². The fourth-order valence-corrected chi connectivity index (χ4v) is 8.86. The number of para-hydroxylation sites is 2. The third-order valence-electron chi connectivity index (χ3n) is 11.4. The molecule has 5 heterocycles. The highest BCUT2D eigenvalue weighted by molar-refractivity contribution is 6.17. The molecule has 0 N–H and O–H groups in total. The van der Waals surface area contributed by atoms with Gasteiger partial charge >= 0.3 is 0 Å². The van der Waals surface area contributed by atoms with E-state index in [9.17, 15) is 0 Å². The first-order chi connectivity index (χ1) is 27.4. The van der Waals surface area contributed by atoms with E-state index in [1.807, 2.05) is 36.5 Å². The molecule has 0 spiro atoms. The molecule has 0 saturated carbocycles. The van der Waals surface area contributed by atoms with Crippen LogP contribution in [0.1, 0.15) is 50.7 Å². The fourth-order valence-electron chi connectivity index (χ4n) is 8.86. The third kappa shape index (κ3) is 4.82. The van der Waals surface area contributed by atoms with Gasteiger partial charge in [0.2, 0.25) is 0 Å². The number of furan rings is 1. The van der Waals surface area contributed by atoms with Gasteiger partial charge in [0.05, 0.1) is 28.4 Å². The van der Waals surface area contributed by atoms with Gasteiger partial charge in [0.25, 0.3) is 0 Å². The van der Waals surface area contributed by atoms with Crippen molar-refractivity contribution in [2.75, 3.05) is 0 Å². The van der Waals surface area contributed by atoms with Crippen molar-refractivity contribution in [3.63, 3.8) is 0 Å². The predicted molar refractivity (Wildman–Crippen MR) is 230 cm³/mol. The molecule has 5 aromatic heterocycles. The second kappa shape index (κ2) is 12.3. The van der Waals surface area contributed by atoms with Crippen LogP contribution >= 0.6 is 0 Å². The van der Waals surface area contributed by atoms with Crippen LogP contribution in [-0.2, 0) is 0 Å². The molecule has 0 aliphatic carbocycles. The van der Waals surface area contributed by atoms with Crippen molar-refractivity contribution >= 4 is 71.1 Å². The Labute approximate surface area is 323 Å². The highest BCUT2D eigenvalue weighted by atomic mass is 16.5. The standard InChI is InChI=1S/C50H38N4O2/c1-29(2)33-14-11-15-34(30(3)4)49(33)45-28-52-50-41-24-31(19-21-35(41)36-12-5-7-16-42(36)54(45)50)55-32-20-22-37-39-26-40-38-13-6-8-17-46(38)56-47(40)27-44(39)53(43(37)25-32)48-18-9-10-23-51-48/h5-30H,1-4H3. The third-order valence-corrected chi connectivity index (χ3v) is 11.4. The molecule has 0 aliphatic rings. The predicted octanol–water partition coefficient (Wildman–Crippen LogP) is 13.7. The summed E-state index contributed by atoms with van der Waals surface area (Å²) < 4.78 is 17.7. The number of aromatic nitrogens is 4. The van der Waals surface area contributed by atoms with E-state index in [1.54, 1.807) is 0 Å². The van der Waals surface area contributed by atoms with Crippen LogP contribution in [0, 0.1) is 0 Å². The Bertz CT molecular complexity index is 3320. The summed E-state index contributed by atoms with van der Waals surface area (Å²) in [4.78, 5) is 9.94. The fraction of sp³-hybridized carbons (Fsp3) is 0.120. The Morgan fingerprint density at radius 1 is 0.518 bits per heavy atom. The molecule has 56 heavy (non-hydrogen) atoms. The first-order valence-electron chi connectivity index (χ1n) is 19.4. The van der Waals surface area contributed by atoms with Gasteiger partial charge in [0.1, 0.15) is 34.1 Å². The number of hydrogen-bond donors (Lipinski definition) is 0. The SMILES string of the molecule is CC(C)c1cccc(C(C)C)c1-c1cnc2c3cc(Oc4ccc5c6cc7c(cc6n(-c6ccccn6)c5c4)oc4ccccc47)ccc3c3ccccc3n12. The van der Waals surface area contributed by atoms with Gasteiger partial charge in [-0.1, -0.05) is 88.4 Å². The van der Waals surface area contributed by atoms with Gasteiger partial charge in [-0.15, -0.1) is 0 Å². The molecule has 0 amide bonds. The second-order valence-electron chi connectivity index (χ2n) is 15.4. The molecule has 0 saturated heterocycles. The molecule has 0 radical (unpaired) electrons. The number of benzene rings is 6. The highest BCUT2D eigenvalue weighted by Gasteiger charge is 2.22. The minimum Gasteiger partial charge on any atom is -0.457 e. The molecule has 6 aromatic carbocycles.